The van der Waals surface area contributed by atoms with E-state index in [0.717, 1.165) is 11.7 Å². The first kappa shape index (κ1) is 14.0. The van der Waals surface area contributed by atoms with Gasteiger partial charge in [-0.3, -0.25) is 0 Å². The van der Waals surface area contributed by atoms with E-state index in [2.05, 4.69) is 38.1 Å². The first-order valence-electron chi connectivity index (χ1n) is 7.17. The third-order valence-corrected chi connectivity index (χ3v) is 4.99. The summed E-state index contributed by atoms with van der Waals surface area (Å²) < 4.78 is 0. The molecule has 1 unspecified atom stereocenters. The van der Waals surface area contributed by atoms with E-state index in [1.165, 1.54) is 36.1 Å². The molecule has 0 heterocycles. The highest BCUT2D eigenvalue weighted by Crippen LogP contribution is 2.35. The molecule has 0 spiro atoms. The molecule has 1 aliphatic rings. The fourth-order valence-corrected chi connectivity index (χ4v) is 3.88. The average molecular weight is 263 g/mol. The fraction of sp³-hybridized carbons (Fsp3) is 0.625. The number of hydrogen-bond acceptors (Lipinski definition) is 2. The Morgan fingerprint density at radius 3 is 2.33 bits per heavy atom. The van der Waals surface area contributed by atoms with E-state index in [-0.39, 0.29) is 6.04 Å². The third-order valence-electron chi connectivity index (χ3n) is 3.64. The van der Waals surface area contributed by atoms with Gasteiger partial charge in [0.15, 0.2) is 0 Å². The molecule has 2 rings (SSSR count). The summed E-state index contributed by atoms with van der Waals surface area (Å²) in [5.41, 5.74) is 7.48. The topological polar surface area (TPSA) is 26.0 Å². The molecule has 0 amide bonds. The molecule has 2 N–H and O–H groups in total. The molecular weight excluding hydrogens is 238 g/mol. The monoisotopic (exact) mass is 263 g/mol. The lowest BCUT2D eigenvalue weighted by molar-refractivity contribution is 0.510. The molecule has 0 saturated heterocycles. The molecular formula is C16H25NS. The van der Waals surface area contributed by atoms with Crippen molar-refractivity contribution in [1.29, 1.82) is 0 Å². The highest BCUT2D eigenvalue weighted by Gasteiger charge is 2.16. The van der Waals surface area contributed by atoms with Gasteiger partial charge in [0.25, 0.3) is 0 Å². The van der Waals surface area contributed by atoms with E-state index in [1.54, 1.807) is 0 Å². The van der Waals surface area contributed by atoms with Crippen LogP contribution in [0, 0.1) is 5.92 Å². The van der Waals surface area contributed by atoms with Crippen LogP contribution in [0.15, 0.2) is 29.2 Å². The van der Waals surface area contributed by atoms with Crippen molar-refractivity contribution in [1.82, 2.24) is 0 Å². The van der Waals surface area contributed by atoms with E-state index in [1.807, 2.05) is 11.8 Å². The van der Waals surface area contributed by atoms with Crippen LogP contribution in [-0.2, 0) is 0 Å². The molecule has 1 aliphatic carbocycles. The van der Waals surface area contributed by atoms with E-state index in [4.69, 9.17) is 5.73 Å². The zero-order valence-corrected chi connectivity index (χ0v) is 12.4. The zero-order chi connectivity index (χ0) is 13.0. The minimum Gasteiger partial charge on any atom is -0.324 e. The second-order valence-electron chi connectivity index (χ2n) is 5.83. The number of nitrogens with two attached hydrogens (primary N) is 1. The quantitative estimate of drug-likeness (QED) is 0.828. The maximum absolute atomic E-state index is 6.20. The Labute approximate surface area is 116 Å². The zero-order valence-electron chi connectivity index (χ0n) is 11.6. The Hall–Kier alpha value is -0.470. The van der Waals surface area contributed by atoms with Gasteiger partial charge in [-0.1, -0.05) is 38.8 Å². The molecule has 100 valence electrons. The Balaban J connectivity index is 1.92. The first-order valence-corrected chi connectivity index (χ1v) is 8.05. The molecule has 0 aromatic heterocycles. The predicted molar refractivity (Wildman–Crippen MR) is 80.9 cm³/mol. The lowest BCUT2D eigenvalue weighted by atomic mass is 9.98. The standard InChI is InChI=1S/C16H25NS/c1-12(2)11-16(17)13-7-9-15(10-8-13)18-14-5-3-4-6-14/h7-10,12,14,16H,3-6,11,17H2,1-2H3. The summed E-state index contributed by atoms with van der Waals surface area (Å²) in [6, 6.07) is 9.11. The van der Waals surface area contributed by atoms with Crippen molar-refractivity contribution in [3.05, 3.63) is 29.8 Å². The fourth-order valence-electron chi connectivity index (χ4n) is 2.64. The van der Waals surface area contributed by atoms with Gasteiger partial charge in [-0.15, -0.1) is 11.8 Å². The van der Waals surface area contributed by atoms with Gasteiger partial charge in [0.1, 0.15) is 0 Å². The van der Waals surface area contributed by atoms with Gasteiger partial charge in [0.2, 0.25) is 0 Å². The van der Waals surface area contributed by atoms with Crippen molar-refractivity contribution in [2.45, 2.75) is 62.1 Å². The van der Waals surface area contributed by atoms with Gasteiger partial charge in [-0.25, -0.2) is 0 Å². The highest BCUT2D eigenvalue weighted by molar-refractivity contribution is 8.00. The second-order valence-corrected chi connectivity index (χ2v) is 7.20. The van der Waals surface area contributed by atoms with E-state index in [0.29, 0.717) is 5.92 Å². The van der Waals surface area contributed by atoms with Crippen LogP contribution >= 0.6 is 11.8 Å². The Morgan fingerprint density at radius 1 is 1.17 bits per heavy atom. The average Bonchev–Trinajstić information content (AvgIpc) is 2.82. The lowest BCUT2D eigenvalue weighted by Gasteiger charge is -2.15. The van der Waals surface area contributed by atoms with Crippen LogP contribution in [0.1, 0.15) is 57.6 Å². The van der Waals surface area contributed by atoms with Gasteiger partial charge < -0.3 is 5.73 Å². The van der Waals surface area contributed by atoms with Gasteiger partial charge in [-0.05, 0) is 42.9 Å². The Morgan fingerprint density at radius 2 is 1.78 bits per heavy atom. The van der Waals surface area contributed by atoms with E-state index >= 15 is 0 Å². The minimum atomic E-state index is 0.190. The predicted octanol–water partition coefficient (Wildman–Crippen LogP) is 4.77. The largest absolute Gasteiger partial charge is 0.324 e. The third kappa shape index (κ3) is 4.03. The molecule has 1 nitrogen and oxygen atoms in total. The SMILES string of the molecule is CC(C)CC(N)c1ccc(SC2CCCC2)cc1. The van der Waals surface area contributed by atoms with Crippen molar-refractivity contribution in [3.63, 3.8) is 0 Å². The smallest absolute Gasteiger partial charge is 0.0297 e. The summed E-state index contributed by atoms with van der Waals surface area (Å²) in [4.78, 5) is 1.40. The number of thioether (sulfide) groups is 1. The normalized spacial score (nSPS) is 18.4. The highest BCUT2D eigenvalue weighted by atomic mass is 32.2. The molecule has 1 aromatic carbocycles. The Bertz CT molecular complexity index is 352. The van der Waals surface area contributed by atoms with Crippen molar-refractivity contribution in [3.8, 4) is 0 Å². The van der Waals surface area contributed by atoms with Crippen LogP contribution < -0.4 is 5.73 Å². The van der Waals surface area contributed by atoms with Crippen molar-refractivity contribution in [2.24, 2.45) is 11.7 Å². The molecule has 2 heteroatoms. The van der Waals surface area contributed by atoms with Crippen LogP contribution in [0.25, 0.3) is 0 Å². The molecule has 0 bridgehead atoms. The maximum atomic E-state index is 6.20. The van der Waals surface area contributed by atoms with Crippen LogP contribution in [0.3, 0.4) is 0 Å². The van der Waals surface area contributed by atoms with E-state index < -0.39 is 0 Å². The van der Waals surface area contributed by atoms with Crippen LogP contribution in [0.4, 0.5) is 0 Å². The van der Waals surface area contributed by atoms with Crippen LogP contribution in [-0.4, -0.2) is 5.25 Å². The number of hydrogen-bond donors (Lipinski definition) is 1. The summed E-state index contributed by atoms with van der Waals surface area (Å²) >= 11 is 2.04. The maximum Gasteiger partial charge on any atom is 0.0297 e. The minimum absolute atomic E-state index is 0.190. The molecule has 1 aromatic rings. The molecule has 1 saturated carbocycles. The summed E-state index contributed by atoms with van der Waals surface area (Å²) in [7, 11) is 0. The van der Waals surface area contributed by atoms with Gasteiger partial charge in [0.05, 0.1) is 0 Å². The lowest BCUT2D eigenvalue weighted by Crippen LogP contribution is -2.12. The number of benzene rings is 1. The molecule has 0 radical (unpaired) electrons. The molecule has 1 atom stereocenters. The van der Waals surface area contributed by atoms with Gasteiger partial charge in [-0.2, -0.15) is 0 Å². The van der Waals surface area contributed by atoms with Crippen molar-refractivity contribution in [2.75, 3.05) is 0 Å². The Kier molecular flexibility index (Phi) is 5.13. The summed E-state index contributed by atoms with van der Waals surface area (Å²) in [5.74, 6) is 0.660. The molecule has 1 fully saturated rings. The van der Waals surface area contributed by atoms with Crippen LogP contribution in [0.2, 0.25) is 0 Å². The van der Waals surface area contributed by atoms with Crippen molar-refractivity contribution < 1.29 is 0 Å². The number of rotatable bonds is 5. The summed E-state index contributed by atoms with van der Waals surface area (Å²) in [6.45, 7) is 4.45. The summed E-state index contributed by atoms with van der Waals surface area (Å²) in [6.07, 6.45) is 6.66. The van der Waals surface area contributed by atoms with E-state index in [9.17, 15) is 0 Å². The van der Waals surface area contributed by atoms with Crippen LogP contribution in [0.5, 0.6) is 0 Å². The first-order chi connectivity index (χ1) is 8.65. The van der Waals surface area contributed by atoms with Gasteiger partial charge in [0, 0.05) is 16.2 Å². The summed E-state index contributed by atoms with van der Waals surface area (Å²) in [5, 5.41) is 0.847. The second kappa shape index (κ2) is 6.63. The van der Waals surface area contributed by atoms with Gasteiger partial charge >= 0.3 is 0 Å². The molecule has 0 aliphatic heterocycles. The molecule has 18 heavy (non-hydrogen) atoms. The van der Waals surface area contributed by atoms with Crippen molar-refractivity contribution >= 4 is 11.8 Å².